The second-order valence-electron chi connectivity index (χ2n) is 3.63. The van der Waals surface area contributed by atoms with Gasteiger partial charge in [0.25, 0.3) is 0 Å². The third kappa shape index (κ3) is 4.15. The summed E-state index contributed by atoms with van der Waals surface area (Å²) in [6.07, 6.45) is 1.22. The zero-order valence-electron chi connectivity index (χ0n) is 10.0. The quantitative estimate of drug-likeness (QED) is 0.846. The van der Waals surface area contributed by atoms with Crippen LogP contribution in [-0.2, 0) is 0 Å². The molecule has 90 valence electrons. The van der Waals surface area contributed by atoms with Crippen LogP contribution in [0.1, 0.15) is 19.8 Å². The molecule has 0 aliphatic carbocycles. The van der Waals surface area contributed by atoms with Crippen molar-refractivity contribution in [1.29, 1.82) is 5.26 Å². The number of carbonyl (C=O) groups is 1. The minimum Gasteiger partial charge on any atom is -0.338 e. The number of nitriles is 1. The maximum absolute atomic E-state index is 11.9. The molecule has 1 aromatic carbocycles. The van der Waals surface area contributed by atoms with Crippen LogP contribution in [0, 0.1) is 11.3 Å². The number of amides is 2. The third-order valence-electron chi connectivity index (χ3n) is 2.29. The highest BCUT2D eigenvalue weighted by atomic mass is 16.2. The van der Waals surface area contributed by atoms with Gasteiger partial charge < -0.3 is 5.32 Å². The maximum atomic E-state index is 11.9. The number of urea groups is 1. The molecule has 1 rings (SSSR count). The molecule has 2 amide bonds. The Morgan fingerprint density at radius 3 is 2.71 bits per heavy atom. The van der Waals surface area contributed by atoms with Crippen LogP contribution in [0.5, 0.6) is 0 Å². The Hall–Kier alpha value is -2.02. The van der Waals surface area contributed by atoms with Crippen molar-refractivity contribution in [2.45, 2.75) is 19.8 Å². The van der Waals surface area contributed by atoms with Gasteiger partial charge in [0.1, 0.15) is 0 Å². The number of para-hydroxylation sites is 1. The molecular formula is C13H17N3O. The van der Waals surface area contributed by atoms with Crippen LogP contribution < -0.4 is 10.2 Å². The van der Waals surface area contributed by atoms with Crippen molar-refractivity contribution in [2.75, 3.05) is 18.0 Å². The number of nitrogens with one attached hydrogen (secondary N) is 1. The highest BCUT2D eigenvalue weighted by molar-refractivity contribution is 5.91. The van der Waals surface area contributed by atoms with Gasteiger partial charge in [0, 0.05) is 18.8 Å². The van der Waals surface area contributed by atoms with Gasteiger partial charge in [-0.25, -0.2) is 4.79 Å². The molecule has 0 radical (unpaired) electrons. The third-order valence-corrected chi connectivity index (χ3v) is 2.29. The molecular weight excluding hydrogens is 214 g/mol. The molecule has 1 N–H and O–H groups in total. The lowest BCUT2D eigenvalue weighted by atomic mass is 10.3. The zero-order chi connectivity index (χ0) is 12.5. The fourth-order valence-electron chi connectivity index (χ4n) is 1.45. The van der Waals surface area contributed by atoms with E-state index in [0.717, 1.165) is 12.1 Å². The van der Waals surface area contributed by atoms with Crippen molar-refractivity contribution in [1.82, 2.24) is 5.32 Å². The van der Waals surface area contributed by atoms with E-state index in [9.17, 15) is 4.79 Å². The van der Waals surface area contributed by atoms with Crippen molar-refractivity contribution >= 4 is 11.7 Å². The van der Waals surface area contributed by atoms with E-state index >= 15 is 0 Å². The van der Waals surface area contributed by atoms with Crippen LogP contribution in [0.2, 0.25) is 0 Å². The molecule has 0 fully saturated rings. The van der Waals surface area contributed by atoms with E-state index in [1.807, 2.05) is 37.3 Å². The van der Waals surface area contributed by atoms with Gasteiger partial charge in [-0.05, 0) is 18.6 Å². The summed E-state index contributed by atoms with van der Waals surface area (Å²) in [4.78, 5) is 13.5. The fraction of sp³-hybridized carbons (Fsp3) is 0.385. The van der Waals surface area contributed by atoms with Crippen LogP contribution in [0.25, 0.3) is 0 Å². The molecule has 0 saturated carbocycles. The molecule has 0 aliphatic heterocycles. The van der Waals surface area contributed by atoms with Crippen LogP contribution in [-0.4, -0.2) is 19.1 Å². The number of carbonyl (C=O) groups excluding carboxylic acids is 1. The average molecular weight is 231 g/mol. The minimum absolute atomic E-state index is 0.145. The highest BCUT2D eigenvalue weighted by Crippen LogP contribution is 2.13. The summed E-state index contributed by atoms with van der Waals surface area (Å²) in [7, 11) is 0. The first-order chi connectivity index (χ1) is 8.29. The smallest absolute Gasteiger partial charge is 0.321 e. The molecule has 0 saturated heterocycles. The summed E-state index contributed by atoms with van der Waals surface area (Å²) in [5.74, 6) is 0. The SMILES string of the molecule is CCCNC(=O)N(CCC#N)c1ccccc1. The lowest BCUT2D eigenvalue weighted by molar-refractivity contribution is 0.246. The summed E-state index contributed by atoms with van der Waals surface area (Å²) in [6.45, 7) is 3.06. The van der Waals surface area contributed by atoms with Crippen molar-refractivity contribution in [3.8, 4) is 6.07 Å². The van der Waals surface area contributed by atoms with Crippen LogP contribution in [0.4, 0.5) is 10.5 Å². The van der Waals surface area contributed by atoms with Gasteiger partial charge in [0.15, 0.2) is 0 Å². The summed E-state index contributed by atoms with van der Waals surface area (Å²) in [6, 6.07) is 11.3. The number of benzene rings is 1. The van der Waals surface area contributed by atoms with E-state index in [-0.39, 0.29) is 6.03 Å². The van der Waals surface area contributed by atoms with Crippen molar-refractivity contribution in [2.24, 2.45) is 0 Å². The van der Waals surface area contributed by atoms with E-state index < -0.39 is 0 Å². The topological polar surface area (TPSA) is 56.1 Å². The number of anilines is 1. The van der Waals surface area contributed by atoms with Gasteiger partial charge in [-0.3, -0.25) is 4.90 Å². The van der Waals surface area contributed by atoms with Gasteiger partial charge in [-0.15, -0.1) is 0 Å². The number of nitrogens with zero attached hydrogens (tertiary/aromatic N) is 2. The molecule has 4 nitrogen and oxygen atoms in total. The summed E-state index contributed by atoms with van der Waals surface area (Å²) >= 11 is 0. The van der Waals surface area contributed by atoms with Crippen molar-refractivity contribution in [3.63, 3.8) is 0 Å². The normalized spacial score (nSPS) is 9.41. The van der Waals surface area contributed by atoms with Crippen molar-refractivity contribution in [3.05, 3.63) is 30.3 Å². The molecule has 0 bridgehead atoms. The van der Waals surface area contributed by atoms with Crippen LogP contribution in [0.15, 0.2) is 30.3 Å². The lowest BCUT2D eigenvalue weighted by Crippen LogP contribution is -2.40. The van der Waals surface area contributed by atoms with E-state index in [0.29, 0.717) is 19.5 Å². The zero-order valence-corrected chi connectivity index (χ0v) is 10.0. The largest absolute Gasteiger partial charge is 0.338 e. The average Bonchev–Trinajstić information content (AvgIpc) is 2.38. The van der Waals surface area contributed by atoms with Crippen LogP contribution >= 0.6 is 0 Å². The molecule has 17 heavy (non-hydrogen) atoms. The summed E-state index contributed by atoms with van der Waals surface area (Å²) in [5.41, 5.74) is 0.816. The Labute approximate surface area is 102 Å². The van der Waals surface area contributed by atoms with Gasteiger partial charge in [0.05, 0.1) is 12.5 Å². The standard InChI is InChI=1S/C13H17N3O/c1-2-10-15-13(17)16(11-6-9-14)12-7-4-3-5-8-12/h3-5,7-8H,2,6,10-11H2,1H3,(H,15,17). The molecule has 0 aromatic heterocycles. The van der Waals surface area contributed by atoms with Gasteiger partial charge >= 0.3 is 6.03 Å². The Bertz CT molecular complexity index is 383. The van der Waals surface area contributed by atoms with E-state index in [4.69, 9.17) is 5.26 Å². The van der Waals surface area contributed by atoms with Gasteiger partial charge in [-0.2, -0.15) is 5.26 Å². The number of hydrogen-bond acceptors (Lipinski definition) is 2. The molecule has 0 spiro atoms. The van der Waals surface area contributed by atoms with Crippen molar-refractivity contribution < 1.29 is 4.79 Å². The monoisotopic (exact) mass is 231 g/mol. The first-order valence-corrected chi connectivity index (χ1v) is 5.77. The first-order valence-electron chi connectivity index (χ1n) is 5.77. The number of rotatable bonds is 5. The predicted molar refractivity (Wildman–Crippen MR) is 67.7 cm³/mol. The van der Waals surface area contributed by atoms with E-state index in [2.05, 4.69) is 11.4 Å². The molecule has 0 unspecified atom stereocenters. The Morgan fingerprint density at radius 2 is 2.12 bits per heavy atom. The van der Waals surface area contributed by atoms with E-state index in [1.165, 1.54) is 0 Å². The van der Waals surface area contributed by atoms with E-state index in [1.54, 1.807) is 4.90 Å². The molecule has 0 atom stereocenters. The lowest BCUT2D eigenvalue weighted by Gasteiger charge is -2.22. The van der Waals surface area contributed by atoms with Gasteiger partial charge in [0.2, 0.25) is 0 Å². The Kier molecular flexibility index (Phi) is 5.59. The number of hydrogen-bond donors (Lipinski definition) is 1. The maximum Gasteiger partial charge on any atom is 0.321 e. The molecule has 0 aliphatic rings. The predicted octanol–water partition coefficient (Wildman–Crippen LogP) is 2.53. The molecule has 1 aromatic rings. The van der Waals surface area contributed by atoms with Gasteiger partial charge in [-0.1, -0.05) is 25.1 Å². The Balaban J connectivity index is 2.74. The summed E-state index contributed by atoms with van der Waals surface area (Å²) < 4.78 is 0. The summed E-state index contributed by atoms with van der Waals surface area (Å²) in [5, 5.41) is 11.4. The highest BCUT2D eigenvalue weighted by Gasteiger charge is 2.13. The fourth-order valence-corrected chi connectivity index (χ4v) is 1.45. The second kappa shape index (κ2) is 7.29. The second-order valence-corrected chi connectivity index (χ2v) is 3.63. The van der Waals surface area contributed by atoms with Crippen LogP contribution in [0.3, 0.4) is 0 Å². The minimum atomic E-state index is -0.145. The first kappa shape index (κ1) is 13.0. The molecule has 4 heteroatoms. The molecule has 0 heterocycles. The Morgan fingerprint density at radius 1 is 1.41 bits per heavy atom.